The van der Waals surface area contributed by atoms with E-state index >= 15 is 0 Å². The van der Waals surface area contributed by atoms with Crippen molar-refractivity contribution in [2.24, 2.45) is 5.73 Å². The van der Waals surface area contributed by atoms with Gasteiger partial charge in [-0.3, -0.25) is 9.58 Å². The van der Waals surface area contributed by atoms with Crippen molar-refractivity contribution < 1.29 is 8.42 Å². The van der Waals surface area contributed by atoms with Crippen LogP contribution >= 0.6 is 0 Å². The minimum Gasteiger partial charge on any atom is -0.329 e. The molecule has 1 aliphatic rings. The van der Waals surface area contributed by atoms with Crippen LogP contribution in [0.1, 0.15) is 18.5 Å². The van der Waals surface area contributed by atoms with Gasteiger partial charge in [0.2, 0.25) is 10.0 Å². The maximum absolute atomic E-state index is 11.5. The molecule has 20 heavy (non-hydrogen) atoms. The lowest BCUT2D eigenvalue weighted by atomic mass is 10.1. The molecule has 0 spiro atoms. The zero-order valence-electron chi connectivity index (χ0n) is 12.1. The fourth-order valence-electron chi connectivity index (χ4n) is 2.57. The van der Waals surface area contributed by atoms with E-state index in [0.717, 1.165) is 12.1 Å². The Hall–Kier alpha value is -0.960. The van der Waals surface area contributed by atoms with Crippen molar-refractivity contribution in [3.8, 4) is 0 Å². The average Bonchev–Trinajstić information content (AvgIpc) is 2.88. The van der Waals surface area contributed by atoms with Crippen molar-refractivity contribution in [3.63, 3.8) is 0 Å². The Kier molecular flexibility index (Phi) is 4.79. The summed E-state index contributed by atoms with van der Waals surface area (Å²) >= 11 is 0. The second-order valence-electron chi connectivity index (χ2n) is 5.08. The molecule has 1 saturated heterocycles. The highest BCUT2D eigenvalue weighted by molar-refractivity contribution is 7.88. The van der Waals surface area contributed by atoms with Gasteiger partial charge in [0, 0.05) is 51.0 Å². The number of nitrogens with two attached hydrogens (primary N) is 1. The molecule has 0 bridgehead atoms. The summed E-state index contributed by atoms with van der Waals surface area (Å²) in [5.74, 6) is 0. The van der Waals surface area contributed by atoms with Crippen LogP contribution in [0.3, 0.4) is 0 Å². The highest BCUT2D eigenvalue weighted by Gasteiger charge is 2.28. The molecule has 0 radical (unpaired) electrons. The van der Waals surface area contributed by atoms with Crippen molar-refractivity contribution in [2.75, 3.05) is 39.0 Å². The van der Waals surface area contributed by atoms with Crippen LogP contribution in [0.15, 0.2) is 12.4 Å². The summed E-state index contributed by atoms with van der Waals surface area (Å²) in [5.41, 5.74) is 7.00. The highest BCUT2D eigenvalue weighted by atomic mass is 32.2. The average molecular weight is 301 g/mol. The second kappa shape index (κ2) is 6.21. The normalized spacial score (nSPS) is 20.1. The van der Waals surface area contributed by atoms with Gasteiger partial charge in [-0.05, 0) is 6.92 Å². The molecule has 1 aromatic rings. The van der Waals surface area contributed by atoms with E-state index in [9.17, 15) is 8.42 Å². The van der Waals surface area contributed by atoms with E-state index in [0.29, 0.717) is 32.7 Å². The third kappa shape index (κ3) is 3.38. The summed E-state index contributed by atoms with van der Waals surface area (Å²) < 4.78 is 26.4. The monoisotopic (exact) mass is 301 g/mol. The van der Waals surface area contributed by atoms with Gasteiger partial charge in [-0.25, -0.2) is 8.42 Å². The molecule has 1 atom stereocenters. The first-order valence-corrected chi connectivity index (χ1v) is 8.72. The Morgan fingerprint density at radius 2 is 2.00 bits per heavy atom. The van der Waals surface area contributed by atoms with Crippen LogP contribution in [0.5, 0.6) is 0 Å². The molecule has 0 aliphatic carbocycles. The number of hydrogen-bond donors (Lipinski definition) is 1. The predicted molar refractivity (Wildman–Crippen MR) is 77.7 cm³/mol. The lowest BCUT2D eigenvalue weighted by Crippen LogP contribution is -2.50. The van der Waals surface area contributed by atoms with Crippen LogP contribution in [0, 0.1) is 0 Å². The Morgan fingerprint density at radius 3 is 2.45 bits per heavy atom. The Balaban J connectivity index is 2.03. The topological polar surface area (TPSA) is 84.5 Å². The van der Waals surface area contributed by atoms with E-state index in [2.05, 4.69) is 10.00 Å². The van der Waals surface area contributed by atoms with Crippen LogP contribution in [0.2, 0.25) is 0 Å². The molecule has 0 saturated carbocycles. The maximum Gasteiger partial charge on any atom is 0.211 e. The summed E-state index contributed by atoms with van der Waals surface area (Å²) in [6, 6.07) is 0.108. The molecule has 1 aliphatic heterocycles. The first-order valence-electron chi connectivity index (χ1n) is 6.87. The van der Waals surface area contributed by atoms with Crippen LogP contribution < -0.4 is 5.73 Å². The molecule has 1 unspecified atom stereocenters. The van der Waals surface area contributed by atoms with Crippen LogP contribution in [-0.2, 0) is 16.6 Å². The lowest BCUT2D eigenvalue weighted by molar-refractivity contribution is 0.140. The highest BCUT2D eigenvalue weighted by Crippen LogP contribution is 2.21. The molecule has 7 nitrogen and oxygen atoms in total. The standard InChI is InChI=1S/C12H23N5O2S/c1-3-16-10-11(9-14-16)12(8-13)15-4-6-17(7-5-15)20(2,18)19/h9-10,12H,3-8,13H2,1-2H3. The molecule has 8 heteroatoms. The first kappa shape index (κ1) is 15.4. The minimum atomic E-state index is -3.09. The van der Waals surface area contributed by atoms with Crippen LogP contribution in [0.4, 0.5) is 0 Å². The van der Waals surface area contributed by atoms with E-state index < -0.39 is 10.0 Å². The Labute approximate surface area is 120 Å². The van der Waals surface area contributed by atoms with Gasteiger partial charge in [0.25, 0.3) is 0 Å². The molecule has 0 amide bonds. The van der Waals surface area contributed by atoms with E-state index in [1.807, 2.05) is 24.0 Å². The Morgan fingerprint density at radius 1 is 1.35 bits per heavy atom. The number of aryl methyl sites for hydroxylation is 1. The van der Waals surface area contributed by atoms with Crippen molar-refractivity contribution in [3.05, 3.63) is 18.0 Å². The fraction of sp³-hybridized carbons (Fsp3) is 0.750. The van der Waals surface area contributed by atoms with E-state index in [4.69, 9.17) is 5.73 Å². The second-order valence-corrected chi connectivity index (χ2v) is 7.06. The fourth-order valence-corrected chi connectivity index (χ4v) is 3.39. The van der Waals surface area contributed by atoms with Crippen LogP contribution in [0.25, 0.3) is 0 Å². The smallest absolute Gasteiger partial charge is 0.211 e. The van der Waals surface area contributed by atoms with Gasteiger partial charge >= 0.3 is 0 Å². The molecule has 2 N–H and O–H groups in total. The number of hydrogen-bond acceptors (Lipinski definition) is 5. The zero-order valence-corrected chi connectivity index (χ0v) is 12.9. The van der Waals surface area contributed by atoms with Crippen molar-refractivity contribution in [1.82, 2.24) is 19.0 Å². The van der Waals surface area contributed by atoms with Crippen molar-refractivity contribution in [1.29, 1.82) is 0 Å². The number of aromatic nitrogens is 2. The molecule has 1 fully saturated rings. The van der Waals surface area contributed by atoms with Gasteiger partial charge in [0.1, 0.15) is 0 Å². The van der Waals surface area contributed by atoms with Crippen molar-refractivity contribution >= 4 is 10.0 Å². The first-order chi connectivity index (χ1) is 9.45. The zero-order chi connectivity index (χ0) is 14.8. The molecule has 0 aromatic carbocycles. The molecular weight excluding hydrogens is 278 g/mol. The number of nitrogens with zero attached hydrogens (tertiary/aromatic N) is 4. The molecule has 1 aromatic heterocycles. The molecule has 2 heterocycles. The van der Waals surface area contributed by atoms with Gasteiger partial charge in [0.15, 0.2) is 0 Å². The summed E-state index contributed by atoms with van der Waals surface area (Å²) in [6.07, 6.45) is 5.12. The third-order valence-electron chi connectivity index (χ3n) is 3.77. The summed E-state index contributed by atoms with van der Waals surface area (Å²) in [7, 11) is -3.09. The largest absolute Gasteiger partial charge is 0.329 e. The molecule has 114 valence electrons. The Bertz CT molecular complexity index is 534. The summed E-state index contributed by atoms with van der Waals surface area (Å²) in [5, 5.41) is 4.28. The van der Waals surface area contributed by atoms with Gasteiger partial charge < -0.3 is 5.73 Å². The SMILES string of the molecule is CCn1cc(C(CN)N2CCN(S(C)(=O)=O)CC2)cn1. The van der Waals surface area contributed by atoms with Crippen molar-refractivity contribution in [2.45, 2.75) is 19.5 Å². The van der Waals surface area contributed by atoms with Gasteiger partial charge in [-0.2, -0.15) is 9.40 Å². The van der Waals surface area contributed by atoms with Gasteiger partial charge in [0.05, 0.1) is 18.5 Å². The summed E-state index contributed by atoms with van der Waals surface area (Å²) in [4.78, 5) is 2.23. The predicted octanol–water partition coefficient (Wildman–Crippen LogP) is -0.520. The lowest BCUT2D eigenvalue weighted by Gasteiger charge is -2.37. The van der Waals surface area contributed by atoms with E-state index in [1.54, 1.807) is 0 Å². The minimum absolute atomic E-state index is 0.108. The quantitative estimate of drug-likeness (QED) is 0.791. The van der Waals surface area contributed by atoms with E-state index in [1.165, 1.54) is 10.6 Å². The van der Waals surface area contributed by atoms with E-state index in [-0.39, 0.29) is 6.04 Å². The number of piperazine rings is 1. The van der Waals surface area contributed by atoms with Crippen LogP contribution in [-0.4, -0.2) is 66.4 Å². The number of sulfonamides is 1. The maximum atomic E-state index is 11.5. The van der Waals surface area contributed by atoms with Gasteiger partial charge in [-0.1, -0.05) is 0 Å². The van der Waals surface area contributed by atoms with Gasteiger partial charge in [-0.15, -0.1) is 0 Å². The molecule has 2 rings (SSSR count). The number of rotatable bonds is 5. The third-order valence-corrected chi connectivity index (χ3v) is 5.07. The summed E-state index contributed by atoms with van der Waals surface area (Å²) in [6.45, 7) is 5.83. The molecular formula is C12H23N5O2S.